The van der Waals surface area contributed by atoms with Crippen LogP contribution in [0.3, 0.4) is 0 Å². The molecule has 0 heterocycles. The maximum atomic E-state index is 13.0. The van der Waals surface area contributed by atoms with E-state index >= 15 is 0 Å². The highest BCUT2D eigenvalue weighted by Gasteiger charge is 2.11. The minimum atomic E-state index is -0.210. The molecule has 2 atom stereocenters. The molecule has 1 rings (SSSR count). The lowest BCUT2D eigenvalue weighted by molar-refractivity contribution is 0.394. The molecule has 0 fully saturated rings. The average molecular weight is 274 g/mol. The summed E-state index contributed by atoms with van der Waals surface area (Å²) in [4.78, 5) is 0. The average Bonchev–Trinajstić information content (AvgIpc) is 2.22. The molecule has 1 aromatic rings. The highest BCUT2D eigenvalue weighted by atomic mass is 79.9. The van der Waals surface area contributed by atoms with Crippen molar-refractivity contribution >= 4 is 15.9 Å². The van der Waals surface area contributed by atoms with Gasteiger partial charge in [0, 0.05) is 0 Å². The first-order chi connectivity index (χ1) is 7.04. The molecule has 84 valence electrons. The maximum absolute atomic E-state index is 13.0. The van der Waals surface area contributed by atoms with Crippen LogP contribution in [0.5, 0.6) is 0 Å². The molecule has 1 aromatic carbocycles. The zero-order chi connectivity index (χ0) is 11.4. The quantitative estimate of drug-likeness (QED) is 0.895. The summed E-state index contributed by atoms with van der Waals surface area (Å²) in [5.41, 5.74) is 6.76. The molecule has 0 aliphatic heterocycles. The monoisotopic (exact) mass is 273 g/mol. The highest BCUT2D eigenvalue weighted by Crippen LogP contribution is 2.21. The van der Waals surface area contributed by atoms with Crippen LogP contribution in [0, 0.1) is 17.7 Å². The van der Waals surface area contributed by atoms with Crippen molar-refractivity contribution in [1.29, 1.82) is 0 Å². The van der Waals surface area contributed by atoms with Crippen LogP contribution >= 0.6 is 15.9 Å². The molecule has 0 amide bonds. The van der Waals surface area contributed by atoms with E-state index in [0.717, 1.165) is 12.0 Å². The first-order valence-electron chi connectivity index (χ1n) is 5.18. The SMILES string of the molecule is CC(CN)C(C)Cc1ccc(F)c(Br)c1. The van der Waals surface area contributed by atoms with Gasteiger partial charge in [-0.3, -0.25) is 0 Å². The first-order valence-corrected chi connectivity index (χ1v) is 5.98. The summed E-state index contributed by atoms with van der Waals surface area (Å²) in [5, 5.41) is 0. The third kappa shape index (κ3) is 3.58. The summed E-state index contributed by atoms with van der Waals surface area (Å²) < 4.78 is 13.5. The standard InChI is InChI=1S/C12H17BrFN/c1-8(9(2)7-15)5-10-3-4-12(14)11(13)6-10/h3-4,6,8-9H,5,7,15H2,1-2H3. The summed E-state index contributed by atoms with van der Waals surface area (Å²) in [6, 6.07) is 5.17. The Kier molecular flexibility index (Phi) is 4.74. The normalized spacial score (nSPS) is 15.0. The molecule has 0 saturated carbocycles. The Hall–Kier alpha value is -0.410. The van der Waals surface area contributed by atoms with E-state index in [2.05, 4.69) is 29.8 Å². The van der Waals surface area contributed by atoms with Crippen molar-refractivity contribution < 1.29 is 4.39 Å². The largest absolute Gasteiger partial charge is 0.330 e. The fourth-order valence-corrected chi connectivity index (χ4v) is 1.90. The molecule has 2 unspecified atom stereocenters. The second-order valence-corrected chi connectivity index (χ2v) is 5.00. The van der Waals surface area contributed by atoms with Gasteiger partial charge in [0.25, 0.3) is 0 Å². The molecule has 0 aliphatic carbocycles. The van der Waals surface area contributed by atoms with E-state index in [1.54, 1.807) is 0 Å². The highest BCUT2D eigenvalue weighted by molar-refractivity contribution is 9.10. The second kappa shape index (κ2) is 5.61. The van der Waals surface area contributed by atoms with E-state index in [9.17, 15) is 4.39 Å². The van der Waals surface area contributed by atoms with Crippen LogP contribution in [0.1, 0.15) is 19.4 Å². The van der Waals surface area contributed by atoms with Crippen LogP contribution in [0.2, 0.25) is 0 Å². The number of halogens is 2. The van der Waals surface area contributed by atoms with Gasteiger partial charge in [-0.25, -0.2) is 4.39 Å². The van der Waals surface area contributed by atoms with Crippen LogP contribution in [0.4, 0.5) is 4.39 Å². The Morgan fingerprint density at radius 2 is 2.00 bits per heavy atom. The fourth-order valence-electron chi connectivity index (χ4n) is 1.47. The molecular formula is C12H17BrFN. The van der Waals surface area contributed by atoms with E-state index < -0.39 is 0 Å². The molecule has 3 heteroatoms. The van der Waals surface area contributed by atoms with Crippen molar-refractivity contribution in [3.8, 4) is 0 Å². The Morgan fingerprint density at radius 1 is 1.33 bits per heavy atom. The van der Waals surface area contributed by atoms with Gasteiger partial charge in [0.1, 0.15) is 5.82 Å². The van der Waals surface area contributed by atoms with Gasteiger partial charge >= 0.3 is 0 Å². The zero-order valence-corrected chi connectivity index (χ0v) is 10.7. The lowest BCUT2D eigenvalue weighted by Crippen LogP contribution is -2.20. The van der Waals surface area contributed by atoms with Crippen LogP contribution in [-0.4, -0.2) is 6.54 Å². The van der Waals surface area contributed by atoms with Crippen molar-refractivity contribution in [3.05, 3.63) is 34.1 Å². The molecular weight excluding hydrogens is 257 g/mol. The van der Waals surface area contributed by atoms with Crippen molar-refractivity contribution in [2.75, 3.05) is 6.54 Å². The lowest BCUT2D eigenvalue weighted by atomic mass is 9.90. The smallest absolute Gasteiger partial charge is 0.137 e. The minimum absolute atomic E-state index is 0.210. The van der Waals surface area contributed by atoms with Gasteiger partial charge in [-0.1, -0.05) is 19.9 Å². The van der Waals surface area contributed by atoms with E-state index in [4.69, 9.17) is 5.73 Å². The first kappa shape index (κ1) is 12.7. The molecule has 0 saturated heterocycles. The van der Waals surface area contributed by atoms with Crippen molar-refractivity contribution in [1.82, 2.24) is 0 Å². The van der Waals surface area contributed by atoms with Crippen LogP contribution < -0.4 is 5.73 Å². The summed E-state index contributed by atoms with van der Waals surface area (Å²) in [7, 11) is 0. The lowest BCUT2D eigenvalue weighted by Gasteiger charge is -2.18. The van der Waals surface area contributed by atoms with Gasteiger partial charge < -0.3 is 5.73 Å². The van der Waals surface area contributed by atoms with Gasteiger partial charge in [0.2, 0.25) is 0 Å². The van der Waals surface area contributed by atoms with E-state index in [0.29, 0.717) is 22.9 Å². The number of benzene rings is 1. The second-order valence-electron chi connectivity index (χ2n) is 4.14. The molecule has 0 aliphatic rings. The molecule has 2 N–H and O–H groups in total. The van der Waals surface area contributed by atoms with Crippen LogP contribution in [0.15, 0.2) is 22.7 Å². The number of nitrogens with two attached hydrogens (primary N) is 1. The third-order valence-electron chi connectivity index (χ3n) is 2.88. The Bertz CT molecular complexity index is 327. The summed E-state index contributed by atoms with van der Waals surface area (Å²) in [6.07, 6.45) is 0.942. The minimum Gasteiger partial charge on any atom is -0.330 e. The Labute approximate surface area is 99.0 Å². The Morgan fingerprint density at radius 3 is 2.53 bits per heavy atom. The van der Waals surface area contributed by atoms with E-state index in [1.165, 1.54) is 6.07 Å². The number of rotatable bonds is 4. The maximum Gasteiger partial charge on any atom is 0.137 e. The molecule has 0 bridgehead atoms. The topological polar surface area (TPSA) is 26.0 Å². The molecule has 0 aromatic heterocycles. The van der Waals surface area contributed by atoms with Gasteiger partial charge in [-0.15, -0.1) is 0 Å². The molecule has 15 heavy (non-hydrogen) atoms. The van der Waals surface area contributed by atoms with Crippen LogP contribution in [0.25, 0.3) is 0 Å². The van der Waals surface area contributed by atoms with Gasteiger partial charge in [-0.05, 0) is 58.4 Å². The number of hydrogen-bond acceptors (Lipinski definition) is 1. The molecule has 0 spiro atoms. The fraction of sp³-hybridized carbons (Fsp3) is 0.500. The summed E-state index contributed by atoms with van der Waals surface area (Å²) in [6.45, 7) is 5.02. The van der Waals surface area contributed by atoms with Crippen molar-refractivity contribution in [3.63, 3.8) is 0 Å². The molecule has 1 nitrogen and oxygen atoms in total. The van der Waals surface area contributed by atoms with Crippen LogP contribution in [-0.2, 0) is 6.42 Å². The predicted molar refractivity (Wildman–Crippen MR) is 65.2 cm³/mol. The van der Waals surface area contributed by atoms with E-state index in [1.807, 2.05) is 12.1 Å². The predicted octanol–water partition coefficient (Wildman–Crippen LogP) is 3.36. The van der Waals surface area contributed by atoms with E-state index in [-0.39, 0.29) is 5.82 Å². The van der Waals surface area contributed by atoms with Crippen molar-refractivity contribution in [2.24, 2.45) is 17.6 Å². The van der Waals surface area contributed by atoms with Gasteiger partial charge in [0.15, 0.2) is 0 Å². The summed E-state index contributed by atoms with van der Waals surface area (Å²) >= 11 is 3.19. The van der Waals surface area contributed by atoms with Gasteiger partial charge in [-0.2, -0.15) is 0 Å². The molecule has 0 radical (unpaired) electrons. The van der Waals surface area contributed by atoms with Crippen molar-refractivity contribution in [2.45, 2.75) is 20.3 Å². The third-order valence-corrected chi connectivity index (χ3v) is 3.49. The number of hydrogen-bond donors (Lipinski definition) is 1. The Balaban J connectivity index is 2.68. The zero-order valence-electron chi connectivity index (χ0n) is 9.13. The summed E-state index contributed by atoms with van der Waals surface area (Å²) in [5.74, 6) is 0.805. The van der Waals surface area contributed by atoms with Gasteiger partial charge in [0.05, 0.1) is 4.47 Å².